The molecule has 0 fully saturated rings. The van der Waals surface area contributed by atoms with Gasteiger partial charge in [-0.25, -0.2) is 4.39 Å². The molecule has 0 radical (unpaired) electrons. The highest BCUT2D eigenvalue weighted by Gasteiger charge is 2.16. The molecule has 1 aromatic carbocycles. The molecule has 0 aliphatic rings. The summed E-state index contributed by atoms with van der Waals surface area (Å²) in [5.74, 6) is 0.362. The Kier molecular flexibility index (Phi) is 6.91. The molecule has 1 N–H and O–H groups in total. The van der Waals surface area contributed by atoms with Gasteiger partial charge >= 0.3 is 0 Å². The van der Waals surface area contributed by atoms with Crippen LogP contribution in [-0.2, 0) is 11.2 Å². The minimum atomic E-state index is -0.175. The lowest BCUT2D eigenvalue weighted by Gasteiger charge is -2.25. The van der Waals surface area contributed by atoms with Crippen molar-refractivity contribution < 1.29 is 9.13 Å². The van der Waals surface area contributed by atoms with Crippen LogP contribution in [0.25, 0.3) is 0 Å². The average molecular weight is 253 g/mol. The number of hydrogen-bond donors (Lipinski definition) is 1. The number of halogens is 1. The van der Waals surface area contributed by atoms with Crippen molar-refractivity contribution in [2.24, 2.45) is 5.92 Å². The molecule has 102 valence electrons. The predicted octanol–water partition coefficient (Wildman–Crippen LogP) is 3.02. The quantitative estimate of drug-likeness (QED) is 0.769. The zero-order valence-corrected chi connectivity index (χ0v) is 11.6. The Hall–Kier alpha value is -0.930. The first-order chi connectivity index (χ1) is 8.67. The number of hydrogen-bond acceptors (Lipinski definition) is 2. The Balaban J connectivity index is 2.58. The van der Waals surface area contributed by atoms with E-state index in [0.717, 1.165) is 26.0 Å². The number of likely N-dealkylation sites (N-methyl/N-ethyl adjacent to an activating group) is 1. The average Bonchev–Trinajstić information content (AvgIpc) is 2.38. The SMILES string of the molecule is CCNC(Cc1ccc(F)cc1)C(C)CCOC. The first-order valence-corrected chi connectivity index (χ1v) is 6.64. The Bertz CT molecular complexity index is 326. The van der Waals surface area contributed by atoms with Crippen LogP contribution in [-0.4, -0.2) is 26.3 Å². The maximum atomic E-state index is 12.9. The Morgan fingerprint density at radius 1 is 1.28 bits per heavy atom. The second kappa shape index (κ2) is 8.22. The third-order valence-electron chi connectivity index (χ3n) is 3.30. The molecule has 3 heteroatoms. The lowest BCUT2D eigenvalue weighted by atomic mass is 9.92. The molecule has 0 saturated heterocycles. The maximum Gasteiger partial charge on any atom is 0.123 e. The number of ether oxygens (including phenoxy) is 1. The van der Waals surface area contributed by atoms with E-state index in [9.17, 15) is 4.39 Å². The van der Waals surface area contributed by atoms with E-state index in [-0.39, 0.29) is 5.82 Å². The van der Waals surface area contributed by atoms with Crippen LogP contribution >= 0.6 is 0 Å². The summed E-state index contributed by atoms with van der Waals surface area (Å²) in [5.41, 5.74) is 1.17. The molecule has 0 aliphatic carbocycles. The van der Waals surface area contributed by atoms with Crippen LogP contribution in [0.5, 0.6) is 0 Å². The minimum absolute atomic E-state index is 0.175. The Labute approximate surface area is 110 Å². The third-order valence-corrected chi connectivity index (χ3v) is 3.30. The van der Waals surface area contributed by atoms with Crippen molar-refractivity contribution in [3.8, 4) is 0 Å². The molecule has 2 atom stereocenters. The summed E-state index contributed by atoms with van der Waals surface area (Å²) in [7, 11) is 1.73. The maximum absolute atomic E-state index is 12.9. The summed E-state index contributed by atoms with van der Waals surface area (Å²) < 4.78 is 18.0. The lowest BCUT2D eigenvalue weighted by Crippen LogP contribution is -2.37. The van der Waals surface area contributed by atoms with Gasteiger partial charge in [-0.15, -0.1) is 0 Å². The van der Waals surface area contributed by atoms with Gasteiger partial charge in [-0.3, -0.25) is 0 Å². The second-order valence-electron chi connectivity index (χ2n) is 4.75. The van der Waals surface area contributed by atoms with Crippen LogP contribution in [0.4, 0.5) is 4.39 Å². The van der Waals surface area contributed by atoms with Crippen molar-refractivity contribution >= 4 is 0 Å². The smallest absolute Gasteiger partial charge is 0.123 e. The molecule has 2 nitrogen and oxygen atoms in total. The molecular weight excluding hydrogens is 229 g/mol. The van der Waals surface area contributed by atoms with Gasteiger partial charge in [0, 0.05) is 19.8 Å². The van der Waals surface area contributed by atoms with Crippen molar-refractivity contribution in [3.63, 3.8) is 0 Å². The van der Waals surface area contributed by atoms with Crippen molar-refractivity contribution in [2.75, 3.05) is 20.3 Å². The van der Waals surface area contributed by atoms with E-state index >= 15 is 0 Å². The summed E-state index contributed by atoms with van der Waals surface area (Å²) in [6.45, 7) is 6.08. The molecule has 0 spiro atoms. The van der Waals surface area contributed by atoms with Gasteiger partial charge in [0.15, 0.2) is 0 Å². The van der Waals surface area contributed by atoms with Gasteiger partial charge in [-0.2, -0.15) is 0 Å². The summed E-state index contributed by atoms with van der Waals surface area (Å²) in [6, 6.07) is 7.19. The highest BCUT2D eigenvalue weighted by molar-refractivity contribution is 5.17. The molecule has 1 rings (SSSR count). The van der Waals surface area contributed by atoms with Crippen LogP contribution in [0.3, 0.4) is 0 Å². The molecule has 0 aliphatic heterocycles. The Morgan fingerprint density at radius 3 is 2.50 bits per heavy atom. The number of rotatable bonds is 8. The zero-order chi connectivity index (χ0) is 13.4. The van der Waals surface area contributed by atoms with E-state index in [2.05, 4.69) is 19.2 Å². The zero-order valence-electron chi connectivity index (χ0n) is 11.6. The summed E-state index contributed by atoms with van der Waals surface area (Å²) >= 11 is 0. The molecular formula is C15H24FNO. The number of methoxy groups -OCH3 is 1. The van der Waals surface area contributed by atoms with E-state index in [1.165, 1.54) is 17.7 Å². The number of benzene rings is 1. The highest BCUT2D eigenvalue weighted by Crippen LogP contribution is 2.14. The molecule has 0 aromatic heterocycles. The van der Waals surface area contributed by atoms with E-state index < -0.39 is 0 Å². The minimum Gasteiger partial charge on any atom is -0.385 e. The van der Waals surface area contributed by atoms with Gasteiger partial charge < -0.3 is 10.1 Å². The standard InChI is InChI=1S/C15H24FNO/c1-4-17-15(12(2)9-10-18-3)11-13-5-7-14(16)8-6-13/h5-8,12,15,17H,4,9-11H2,1-3H3. The van der Waals surface area contributed by atoms with E-state index in [1.54, 1.807) is 7.11 Å². The summed E-state index contributed by atoms with van der Waals surface area (Å²) in [4.78, 5) is 0. The monoisotopic (exact) mass is 253 g/mol. The normalized spacial score (nSPS) is 14.4. The predicted molar refractivity (Wildman–Crippen MR) is 73.2 cm³/mol. The van der Waals surface area contributed by atoms with E-state index in [0.29, 0.717) is 12.0 Å². The summed E-state index contributed by atoms with van der Waals surface area (Å²) in [5, 5.41) is 3.51. The van der Waals surface area contributed by atoms with Crippen molar-refractivity contribution in [1.29, 1.82) is 0 Å². The van der Waals surface area contributed by atoms with Crippen LogP contribution in [0.15, 0.2) is 24.3 Å². The fourth-order valence-electron chi connectivity index (χ4n) is 2.12. The topological polar surface area (TPSA) is 21.3 Å². The largest absolute Gasteiger partial charge is 0.385 e. The van der Waals surface area contributed by atoms with Crippen LogP contribution < -0.4 is 5.32 Å². The van der Waals surface area contributed by atoms with Crippen LogP contribution in [0.1, 0.15) is 25.8 Å². The van der Waals surface area contributed by atoms with Gasteiger partial charge in [0.2, 0.25) is 0 Å². The summed E-state index contributed by atoms with van der Waals surface area (Å²) in [6.07, 6.45) is 1.97. The fraction of sp³-hybridized carbons (Fsp3) is 0.600. The Morgan fingerprint density at radius 2 is 1.94 bits per heavy atom. The van der Waals surface area contributed by atoms with Gasteiger partial charge in [0.05, 0.1) is 0 Å². The lowest BCUT2D eigenvalue weighted by molar-refractivity contribution is 0.170. The van der Waals surface area contributed by atoms with Crippen LogP contribution in [0, 0.1) is 11.7 Å². The fourth-order valence-corrected chi connectivity index (χ4v) is 2.12. The third kappa shape index (κ3) is 5.15. The first-order valence-electron chi connectivity index (χ1n) is 6.64. The van der Waals surface area contributed by atoms with E-state index in [4.69, 9.17) is 4.74 Å². The number of nitrogens with one attached hydrogen (secondary N) is 1. The molecule has 1 aromatic rings. The molecule has 18 heavy (non-hydrogen) atoms. The first kappa shape index (κ1) is 15.1. The van der Waals surface area contributed by atoms with Crippen molar-refractivity contribution in [3.05, 3.63) is 35.6 Å². The second-order valence-corrected chi connectivity index (χ2v) is 4.75. The molecule has 0 saturated carbocycles. The van der Waals surface area contributed by atoms with Gasteiger partial charge in [-0.1, -0.05) is 26.0 Å². The molecule has 0 amide bonds. The molecule has 2 unspecified atom stereocenters. The molecule has 0 heterocycles. The van der Waals surface area contributed by atoms with Gasteiger partial charge in [0.25, 0.3) is 0 Å². The van der Waals surface area contributed by atoms with Crippen molar-refractivity contribution in [1.82, 2.24) is 5.32 Å². The van der Waals surface area contributed by atoms with E-state index in [1.807, 2.05) is 12.1 Å². The molecule has 0 bridgehead atoms. The highest BCUT2D eigenvalue weighted by atomic mass is 19.1. The van der Waals surface area contributed by atoms with Gasteiger partial charge in [0.1, 0.15) is 5.82 Å². The van der Waals surface area contributed by atoms with Crippen molar-refractivity contribution in [2.45, 2.75) is 32.7 Å². The van der Waals surface area contributed by atoms with Crippen LogP contribution in [0.2, 0.25) is 0 Å². The van der Waals surface area contributed by atoms with Gasteiger partial charge in [-0.05, 0) is 43.0 Å².